The van der Waals surface area contributed by atoms with Gasteiger partial charge in [-0.3, -0.25) is 0 Å². The van der Waals surface area contributed by atoms with Gasteiger partial charge in [0.15, 0.2) is 0 Å². The second-order valence-electron chi connectivity index (χ2n) is 6.08. The molecular weight excluding hydrogens is 322 g/mol. The lowest BCUT2D eigenvalue weighted by Crippen LogP contribution is -2.29. The van der Waals surface area contributed by atoms with E-state index in [1.807, 2.05) is 28.8 Å². The van der Waals surface area contributed by atoms with Crippen LogP contribution in [0.1, 0.15) is 6.42 Å². The Morgan fingerprint density at radius 2 is 2.04 bits per heavy atom. The van der Waals surface area contributed by atoms with Crippen molar-refractivity contribution in [3.8, 4) is 22.6 Å². The molecule has 0 aliphatic carbocycles. The van der Waals surface area contributed by atoms with E-state index in [0.29, 0.717) is 25.3 Å². The van der Waals surface area contributed by atoms with Crippen LogP contribution in [0.2, 0.25) is 0 Å². The predicted octanol–water partition coefficient (Wildman–Crippen LogP) is 2.84. The summed E-state index contributed by atoms with van der Waals surface area (Å²) in [5, 5.41) is 18.6. The van der Waals surface area contributed by atoms with Gasteiger partial charge in [0, 0.05) is 24.7 Å². The standard InChI is InChI=1S/C18H17N3O4/c22-14-3-1-12(2-4-14)13-7-17(16-8-19-11-21(16)9-13)25-15-5-6-20(10-15)18(23)24/h1-4,7-9,11,15,22H,5-6,10H2,(H,23,24). The highest BCUT2D eigenvalue weighted by Crippen LogP contribution is 2.30. The molecule has 1 fully saturated rings. The number of carbonyl (C=O) groups is 1. The number of carboxylic acid groups (broad SMARTS) is 1. The lowest BCUT2D eigenvalue weighted by molar-refractivity contribution is 0.146. The number of pyridine rings is 1. The minimum Gasteiger partial charge on any atom is -0.508 e. The third-order valence-corrected chi connectivity index (χ3v) is 4.39. The number of phenols is 1. The molecule has 1 aliphatic rings. The van der Waals surface area contributed by atoms with Crippen molar-refractivity contribution in [2.75, 3.05) is 13.1 Å². The number of aromatic hydroxyl groups is 1. The minimum absolute atomic E-state index is 0.176. The number of amides is 1. The van der Waals surface area contributed by atoms with Crippen molar-refractivity contribution in [3.63, 3.8) is 0 Å². The first-order chi connectivity index (χ1) is 12.1. The van der Waals surface area contributed by atoms with Crippen LogP contribution in [0.15, 0.2) is 49.1 Å². The molecule has 1 unspecified atom stereocenters. The molecular formula is C18H17N3O4. The molecule has 1 saturated heterocycles. The molecule has 3 aromatic rings. The van der Waals surface area contributed by atoms with Gasteiger partial charge in [0.2, 0.25) is 0 Å². The van der Waals surface area contributed by atoms with E-state index in [1.165, 1.54) is 4.90 Å². The van der Waals surface area contributed by atoms with Gasteiger partial charge in [0.25, 0.3) is 0 Å². The van der Waals surface area contributed by atoms with Gasteiger partial charge in [-0.2, -0.15) is 0 Å². The first kappa shape index (κ1) is 15.3. The molecule has 7 nitrogen and oxygen atoms in total. The fourth-order valence-corrected chi connectivity index (χ4v) is 3.08. The van der Waals surface area contributed by atoms with Crippen molar-refractivity contribution >= 4 is 11.6 Å². The van der Waals surface area contributed by atoms with Crippen LogP contribution >= 0.6 is 0 Å². The summed E-state index contributed by atoms with van der Waals surface area (Å²) >= 11 is 0. The van der Waals surface area contributed by atoms with Gasteiger partial charge in [-0.15, -0.1) is 0 Å². The summed E-state index contributed by atoms with van der Waals surface area (Å²) < 4.78 is 7.97. The average molecular weight is 339 g/mol. The summed E-state index contributed by atoms with van der Waals surface area (Å²) in [4.78, 5) is 16.6. The van der Waals surface area contributed by atoms with Gasteiger partial charge >= 0.3 is 6.09 Å². The Hall–Kier alpha value is -3.22. The Bertz CT molecular complexity index is 920. The monoisotopic (exact) mass is 339 g/mol. The quantitative estimate of drug-likeness (QED) is 0.766. The molecule has 3 heterocycles. The molecule has 25 heavy (non-hydrogen) atoms. The minimum atomic E-state index is -0.918. The number of phenolic OH excluding ortho intramolecular Hbond substituents is 1. The molecule has 0 radical (unpaired) electrons. The average Bonchev–Trinajstić information content (AvgIpc) is 3.24. The van der Waals surface area contributed by atoms with Crippen LogP contribution in [0.3, 0.4) is 0 Å². The number of ether oxygens (including phenoxy) is 1. The molecule has 2 N–H and O–H groups in total. The fourth-order valence-electron chi connectivity index (χ4n) is 3.08. The van der Waals surface area contributed by atoms with Crippen LogP contribution in [0.4, 0.5) is 4.79 Å². The Morgan fingerprint density at radius 3 is 2.76 bits per heavy atom. The number of hydrogen-bond donors (Lipinski definition) is 2. The molecule has 1 aliphatic heterocycles. The van der Waals surface area contributed by atoms with Crippen LogP contribution in [-0.2, 0) is 0 Å². The topological polar surface area (TPSA) is 87.3 Å². The van der Waals surface area contributed by atoms with Gasteiger partial charge in [0.1, 0.15) is 23.1 Å². The third-order valence-electron chi connectivity index (χ3n) is 4.39. The second kappa shape index (κ2) is 6.01. The largest absolute Gasteiger partial charge is 0.508 e. The highest BCUT2D eigenvalue weighted by atomic mass is 16.5. The number of benzene rings is 1. The van der Waals surface area contributed by atoms with Gasteiger partial charge < -0.3 is 24.3 Å². The SMILES string of the molecule is O=C(O)N1CCC(Oc2cc(-c3ccc(O)cc3)cn3cncc23)C1. The van der Waals surface area contributed by atoms with E-state index < -0.39 is 6.09 Å². The van der Waals surface area contributed by atoms with E-state index in [0.717, 1.165) is 16.6 Å². The molecule has 0 spiro atoms. The first-order valence-corrected chi connectivity index (χ1v) is 8.00. The highest BCUT2D eigenvalue weighted by Gasteiger charge is 2.27. The number of imidazole rings is 1. The molecule has 1 atom stereocenters. The van der Waals surface area contributed by atoms with Crippen LogP contribution in [-0.4, -0.2) is 49.8 Å². The Labute approximate surface area is 143 Å². The maximum atomic E-state index is 11.1. The zero-order chi connectivity index (χ0) is 17.4. The van der Waals surface area contributed by atoms with Crippen molar-refractivity contribution in [1.82, 2.24) is 14.3 Å². The van der Waals surface area contributed by atoms with E-state index in [4.69, 9.17) is 9.84 Å². The summed E-state index contributed by atoms with van der Waals surface area (Å²) in [6, 6.07) is 8.86. The summed E-state index contributed by atoms with van der Waals surface area (Å²) in [6.45, 7) is 0.840. The molecule has 2 aromatic heterocycles. The molecule has 1 aromatic carbocycles. The first-order valence-electron chi connectivity index (χ1n) is 8.00. The molecule has 7 heteroatoms. The van der Waals surface area contributed by atoms with E-state index in [1.54, 1.807) is 24.7 Å². The van der Waals surface area contributed by atoms with Crippen LogP contribution in [0.5, 0.6) is 11.5 Å². The molecule has 128 valence electrons. The lowest BCUT2D eigenvalue weighted by Gasteiger charge is -2.16. The maximum Gasteiger partial charge on any atom is 0.407 e. The van der Waals surface area contributed by atoms with Crippen LogP contribution in [0.25, 0.3) is 16.6 Å². The lowest BCUT2D eigenvalue weighted by atomic mass is 10.1. The number of aromatic nitrogens is 2. The Morgan fingerprint density at radius 1 is 1.24 bits per heavy atom. The van der Waals surface area contributed by atoms with E-state index in [9.17, 15) is 9.90 Å². The van der Waals surface area contributed by atoms with Crippen molar-refractivity contribution in [3.05, 3.63) is 49.1 Å². The van der Waals surface area contributed by atoms with Crippen molar-refractivity contribution in [2.24, 2.45) is 0 Å². The van der Waals surface area contributed by atoms with Crippen LogP contribution < -0.4 is 4.74 Å². The van der Waals surface area contributed by atoms with Crippen LogP contribution in [0, 0.1) is 0 Å². The Balaban J connectivity index is 1.67. The van der Waals surface area contributed by atoms with Crippen molar-refractivity contribution in [2.45, 2.75) is 12.5 Å². The van der Waals surface area contributed by atoms with Crippen molar-refractivity contribution in [1.29, 1.82) is 0 Å². The Kier molecular flexibility index (Phi) is 3.68. The molecule has 0 bridgehead atoms. The highest BCUT2D eigenvalue weighted by molar-refractivity contribution is 5.71. The molecule has 4 rings (SSSR count). The van der Waals surface area contributed by atoms with Gasteiger partial charge in [-0.25, -0.2) is 9.78 Å². The van der Waals surface area contributed by atoms with E-state index in [2.05, 4.69) is 4.98 Å². The van der Waals surface area contributed by atoms with Gasteiger partial charge in [0.05, 0.1) is 19.1 Å². The predicted molar refractivity (Wildman–Crippen MR) is 90.9 cm³/mol. The molecule has 1 amide bonds. The van der Waals surface area contributed by atoms with Gasteiger partial charge in [-0.05, 0) is 23.8 Å². The number of likely N-dealkylation sites (tertiary alicyclic amines) is 1. The molecule has 0 saturated carbocycles. The summed E-state index contributed by atoms with van der Waals surface area (Å²) in [6.07, 6.45) is 4.93. The number of rotatable bonds is 3. The summed E-state index contributed by atoms with van der Waals surface area (Å²) in [5.74, 6) is 0.879. The smallest absolute Gasteiger partial charge is 0.407 e. The second-order valence-corrected chi connectivity index (χ2v) is 6.08. The van der Waals surface area contributed by atoms with E-state index >= 15 is 0 Å². The third kappa shape index (κ3) is 2.96. The fraction of sp³-hybridized carbons (Fsp3) is 0.222. The number of hydrogen-bond acceptors (Lipinski definition) is 4. The summed E-state index contributed by atoms with van der Waals surface area (Å²) in [7, 11) is 0. The van der Waals surface area contributed by atoms with Crippen molar-refractivity contribution < 1.29 is 19.7 Å². The summed E-state index contributed by atoms with van der Waals surface area (Å²) in [5.41, 5.74) is 2.70. The van der Waals surface area contributed by atoms with Gasteiger partial charge in [-0.1, -0.05) is 12.1 Å². The number of fused-ring (bicyclic) bond motifs is 1. The normalized spacial score (nSPS) is 17.1. The number of nitrogens with zero attached hydrogens (tertiary/aromatic N) is 3. The zero-order valence-corrected chi connectivity index (χ0v) is 13.4. The zero-order valence-electron chi connectivity index (χ0n) is 13.4. The van der Waals surface area contributed by atoms with E-state index in [-0.39, 0.29) is 11.9 Å². The maximum absolute atomic E-state index is 11.1.